The smallest absolute Gasteiger partial charge is 0.336 e. The fraction of sp³-hybridized carbons (Fsp3) is 0.136. The van der Waals surface area contributed by atoms with Gasteiger partial charge in [-0.2, -0.15) is 4.98 Å². The van der Waals surface area contributed by atoms with Gasteiger partial charge in [0.05, 0.1) is 18.6 Å². The molecule has 0 saturated heterocycles. The van der Waals surface area contributed by atoms with Crippen LogP contribution in [0.3, 0.4) is 0 Å². The first-order chi connectivity index (χ1) is 15.6. The number of hydrogen-bond acceptors (Lipinski definition) is 6. The summed E-state index contributed by atoms with van der Waals surface area (Å²) < 4.78 is 17.6. The van der Waals surface area contributed by atoms with Gasteiger partial charge in [0.1, 0.15) is 6.61 Å². The molecule has 2 aromatic heterocycles. The molecule has 0 spiro atoms. The third-order valence-corrected chi connectivity index (χ3v) is 4.51. The van der Waals surface area contributed by atoms with E-state index in [9.17, 15) is 4.79 Å². The third kappa shape index (κ3) is 5.26. The highest BCUT2D eigenvalue weighted by Crippen LogP contribution is 2.25. The molecule has 2 amide bonds. The van der Waals surface area contributed by atoms with E-state index in [1.807, 2.05) is 6.07 Å². The van der Waals surface area contributed by atoms with E-state index in [4.69, 9.17) is 25.5 Å². The summed E-state index contributed by atoms with van der Waals surface area (Å²) in [5.74, 6) is 0.985. The number of benzene rings is 2. The van der Waals surface area contributed by atoms with Gasteiger partial charge in [-0.3, -0.25) is 0 Å². The van der Waals surface area contributed by atoms with Crippen LogP contribution in [-0.2, 0) is 4.74 Å². The number of aromatic nitrogens is 3. The second-order valence-electron chi connectivity index (χ2n) is 6.59. The molecule has 164 valence electrons. The average Bonchev–Trinajstić information content (AvgIpc) is 3.44. The van der Waals surface area contributed by atoms with Gasteiger partial charge >= 0.3 is 12.0 Å². The minimum Gasteiger partial charge on any atom is -0.461 e. The van der Waals surface area contributed by atoms with Crippen LogP contribution in [0.1, 0.15) is 0 Å². The van der Waals surface area contributed by atoms with Crippen molar-refractivity contribution in [3.05, 3.63) is 71.9 Å². The lowest BCUT2D eigenvalue weighted by molar-refractivity contribution is 0.141. The molecular formula is C22H20ClN5O4. The highest BCUT2D eigenvalue weighted by Gasteiger charge is 2.17. The number of nitrogens with one attached hydrogen (secondary N) is 2. The molecule has 0 fully saturated rings. The molecular weight excluding hydrogens is 434 g/mol. The van der Waals surface area contributed by atoms with Crippen molar-refractivity contribution in [2.45, 2.75) is 0 Å². The van der Waals surface area contributed by atoms with E-state index in [0.29, 0.717) is 46.9 Å². The van der Waals surface area contributed by atoms with E-state index in [1.165, 1.54) is 0 Å². The number of rotatable bonds is 8. The van der Waals surface area contributed by atoms with Crippen molar-refractivity contribution in [3.63, 3.8) is 0 Å². The van der Waals surface area contributed by atoms with Crippen molar-refractivity contribution >= 4 is 29.0 Å². The lowest BCUT2D eigenvalue weighted by Gasteiger charge is -2.10. The second-order valence-corrected chi connectivity index (χ2v) is 7.02. The minimum absolute atomic E-state index is 0.186. The Balaban J connectivity index is 1.56. The van der Waals surface area contributed by atoms with Gasteiger partial charge in [-0.25, -0.2) is 9.48 Å². The lowest BCUT2D eigenvalue weighted by Crippen LogP contribution is -2.19. The van der Waals surface area contributed by atoms with Gasteiger partial charge < -0.3 is 24.5 Å². The molecule has 0 aliphatic carbocycles. The van der Waals surface area contributed by atoms with E-state index in [1.54, 1.807) is 72.7 Å². The van der Waals surface area contributed by atoms with E-state index in [0.717, 1.165) is 0 Å². The molecule has 9 nitrogen and oxygen atoms in total. The van der Waals surface area contributed by atoms with Crippen molar-refractivity contribution in [2.75, 3.05) is 31.0 Å². The third-order valence-electron chi connectivity index (χ3n) is 4.28. The summed E-state index contributed by atoms with van der Waals surface area (Å²) in [5, 5.41) is 10.5. The zero-order valence-electron chi connectivity index (χ0n) is 17.1. The number of anilines is 2. The molecule has 2 heterocycles. The number of furan rings is 1. The topological polar surface area (TPSA) is 103 Å². The van der Waals surface area contributed by atoms with Crippen LogP contribution in [0, 0.1) is 0 Å². The van der Waals surface area contributed by atoms with Gasteiger partial charge in [0.15, 0.2) is 5.76 Å². The summed E-state index contributed by atoms with van der Waals surface area (Å²) in [4.78, 5) is 16.8. The molecule has 0 aliphatic rings. The summed E-state index contributed by atoms with van der Waals surface area (Å²) in [5.41, 5.74) is 1.80. The van der Waals surface area contributed by atoms with Crippen molar-refractivity contribution in [1.82, 2.24) is 14.8 Å². The molecule has 0 radical (unpaired) electrons. The van der Waals surface area contributed by atoms with Gasteiger partial charge in [0.2, 0.25) is 5.82 Å². The van der Waals surface area contributed by atoms with Crippen LogP contribution in [0.15, 0.2) is 71.3 Å². The van der Waals surface area contributed by atoms with Crippen LogP contribution in [0.4, 0.5) is 16.2 Å². The van der Waals surface area contributed by atoms with Gasteiger partial charge in [-0.15, -0.1) is 5.10 Å². The highest BCUT2D eigenvalue weighted by molar-refractivity contribution is 6.30. The van der Waals surface area contributed by atoms with Crippen molar-refractivity contribution in [2.24, 2.45) is 0 Å². The first-order valence-electron chi connectivity index (χ1n) is 9.69. The number of hydrogen-bond donors (Lipinski definition) is 2. The SMILES string of the molecule is COCCOc1nc(-c2ccco2)n(-c2cccc(NC(=O)Nc3cccc(Cl)c3)c2)n1. The normalized spacial score (nSPS) is 10.7. The number of urea groups is 1. The first kappa shape index (κ1) is 21.4. The molecule has 10 heteroatoms. The Labute approximate surface area is 188 Å². The Morgan fingerprint density at radius 3 is 2.56 bits per heavy atom. The molecule has 2 aromatic carbocycles. The van der Waals surface area contributed by atoms with E-state index < -0.39 is 6.03 Å². The van der Waals surface area contributed by atoms with Gasteiger partial charge in [-0.1, -0.05) is 23.7 Å². The summed E-state index contributed by atoms with van der Waals surface area (Å²) in [6.45, 7) is 0.717. The molecule has 0 atom stereocenters. The van der Waals surface area contributed by atoms with Crippen molar-refractivity contribution < 1.29 is 18.7 Å². The largest absolute Gasteiger partial charge is 0.461 e. The van der Waals surface area contributed by atoms with Crippen molar-refractivity contribution in [3.8, 4) is 23.3 Å². The first-order valence-corrected chi connectivity index (χ1v) is 10.1. The zero-order chi connectivity index (χ0) is 22.3. The fourth-order valence-electron chi connectivity index (χ4n) is 2.89. The Morgan fingerprint density at radius 1 is 1.06 bits per heavy atom. The van der Waals surface area contributed by atoms with Crippen LogP contribution in [0.25, 0.3) is 17.3 Å². The highest BCUT2D eigenvalue weighted by atomic mass is 35.5. The van der Waals surface area contributed by atoms with Gasteiger partial charge in [-0.05, 0) is 48.5 Å². The fourth-order valence-corrected chi connectivity index (χ4v) is 3.08. The average molecular weight is 454 g/mol. The Hall–Kier alpha value is -3.82. The number of nitrogens with zero attached hydrogens (tertiary/aromatic N) is 3. The monoisotopic (exact) mass is 453 g/mol. The van der Waals surface area contributed by atoms with Crippen LogP contribution < -0.4 is 15.4 Å². The van der Waals surface area contributed by atoms with Crippen LogP contribution in [0.5, 0.6) is 6.01 Å². The predicted octanol–water partition coefficient (Wildman–Crippen LogP) is 4.85. The lowest BCUT2D eigenvalue weighted by atomic mass is 10.2. The molecule has 32 heavy (non-hydrogen) atoms. The van der Waals surface area contributed by atoms with Gasteiger partial charge in [0.25, 0.3) is 0 Å². The number of ether oxygens (including phenoxy) is 2. The second kappa shape index (κ2) is 9.99. The standard InChI is InChI=1S/C22H20ClN5O4/c1-30-11-12-32-22-26-20(19-9-4-10-31-19)28(27-22)18-8-3-7-17(14-18)25-21(29)24-16-6-2-5-15(23)13-16/h2-10,13-14H,11-12H2,1H3,(H2,24,25,29). The molecule has 4 rings (SSSR count). The Bertz CT molecular complexity index is 1190. The number of carbonyl (C=O) groups is 1. The maximum Gasteiger partial charge on any atom is 0.336 e. The maximum absolute atomic E-state index is 12.4. The van der Waals surface area contributed by atoms with Gasteiger partial charge in [0, 0.05) is 23.5 Å². The Morgan fingerprint density at radius 2 is 1.84 bits per heavy atom. The molecule has 0 bridgehead atoms. The zero-order valence-corrected chi connectivity index (χ0v) is 17.9. The van der Waals surface area contributed by atoms with E-state index in [2.05, 4.69) is 20.7 Å². The molecule has 2 N–H and O–H groups in total. The molecule has 4 aromatic rings. The van der Waals surface area contributed by atoms with E-state index >= 15 is 0 Å². The van der Waals surface area contributed by atoms with Crippen molar-refractivity contribution in [1.29, 1.82) is 0 Å². The molecule has 0 aliphatic heterocycles. The quantitative estimate of drug-likeness (QED) is 0.369. The summed E-state index contributed by atoms with van der Waals surface area (Å²) in [6, 6.07) is 17.4. The summed E-state index contributed by atoms with van der Waals surface area (Å²) in [7, 11) is 1.59. The molecule has 0 unspecified atom stereocenters. The number of amides is 2. The number of methoxy groups -OCH3 is 1. The minimum atomic E-state index is -0.405. The summed E-state index contributed by atoms with van der Waals surface area (Å²) in [6.07, 6.45) is 1.55. The van der Waals surface area contributed by atoms with Crippen LogP contribution >= 0.6 is 11.6 Å². The molecule has 0 saturated carbocycles. The maximum atomic E-state index is 12.4. The number of halogens is 1. The van der Waals surface area contributed by atoms with Crippen LogP contribution in [0.2, 0.25) is 5.02 Å². The van der Waals surface area contributed by atoms with E-state index in [-0.39, 0.29) is 6.01 Å². The summed E-state index contributed by atoms with van der Waals surface area (Å²) >= 11 is 5.96. The number of carbonyl (C=O) groups excluding carboxylic acids is 1. The Kier molecular flexibility index (Phi) is 6.69. The van der Waals surface area contributed by atoms with Crippen LogP contribution in [-0.4, -0.2) is 41.1 Å². The predicted molar refractivity (Wildman–Crippen MR) is 121 cm³/mol.